The first-order valence-electron chi connectivity index (χ1n) is 8.56. The van der Waals surface area contributed by atoms with Gasteiger partial charge < -0.3 is 4.74 Å². The summed E-state index contributed by atoms with van der Waals surface area (Å²) in [6.45, 7) is 2.70. The molecule has 0 atom stereocenters. The summed E-state index contributed by atoms with van der Waals surface area (Å²) in [7, 11) is 0. The minimum atomic E-state index is 0.583. The van der Waals surface area contributed by atoms with Gasteiger partial charge in [0.2, 0.25) is 0 Å². The Morgan fingerprint density at radius 2 is 1.48 bits per heavy atom. The van der Waals surface area contributed by atoms with Crippen LogP contribution in [0.15, 0.2) is 91.0 Å². The second kappa shape index (κ2) is 6.82. The first-order valence-corrected chi connectivity index (χ1v) is 8.56. The molecular formula is C24H20O. The number of benzene rings is 4. The molecule has 0 aromatic heterocycles. The highest BCUT2D eigenvalue weighted by Crippen LogP contribution is 2.32. The molecular weight excluding hydrogens is 304 g/mol. The summed E-state index contributed by atoms with van der Waals surface area (Å²) in [5, 5.41) is 2.53. The second-order valence-electron chi connectivity index (χ2n) is 6.34. The largest absolute Gasteiger partial charge is 0.489 e. The highest BCUT2D eigenvalue weighted by molar-refractivity contribution is 5.96. The van der Waals surface area contributed by atoms with Gasteiger partial charge in [-0.05, 0) is 52.1 Å². The molecule has 25 heavy (non-hydrogen) atoms. The highest BCUT2D eigenvalue weighted by atomic mass is 16.5. The summed E-state index contributed by atoms with van der Waals surface area (Å²) in [5.41, 5.74) is 4.82. The Balaban J connectivity index is 1.69. The summed E-state index contributed by atoms with van der Waals surface area (Å²) in [6.07, 6.45) is 0. The third-order valence-corrected chi connectivity index (χ3v) is 4.40. The van der Waals surface area contributed by atoms with Crippen LogP contribution >= 0.6 is 0 Å². The van der Waals surface area contributed by atoms with Crippen molar-refractivity contribution in [3.05, 3.63) is 102 Å². The molecule has 0 amide bonds. The van der Waals surface area contributed by atoms with Gasteiger partial charge in [-0.25, -0.2) is 0 Å². The molecule has 0 radical (unpaired) electrons. The van der Waals surface area contributed by atoms with Gasteiger partial charge in [0.05, 0.1) is 0 Å². The average Bonchev–Trinajstić information content (AvgIpc) is 2.66. The molecule has 0 unspecified atom stereocenters. The Morgan fingerprint density at radius 3 is 2.36 bits per heavy atom. The van der Waals surface area contributed by atoms with Crippen LogP contribution in [0.1, 0.15) is 11.1 Å². The predicted octanol–water partition coefficient (Wildman–Crippen LogP) is 6.39. The molecule has 0 spiro atoms. The quantitative estimate of drug-likeness (QED) is 0.422. The Labute approximate surface area is 148 Å². The van der Waals surface area contributed by atoms with E-state index in [0.717, 1.165) is 5.75 Å². The van der Waals surface area contributed by atoms with E-state index in [1.165, 1.54) is 33.0 Å². The zero-order valence-corrected chi connectivity index (χ0v) is 14.3. The molecule has 4 rings (SSSR count). The minimum absolute atomic E-state index is 0.583. The second-order valence-corrected chi connectivity index (χ2v) is 6.34. The Hall–Kier alpha value is -3.06. The van der Waals surface area contributed by atoms with Gasteiger partial charge >= 0.3 is 0 Å². The fourth-order valence-corrected chi connectivity index (χ4v) is 3.20. The number of hydrogen-bond donors (Lipinski definition) is 0. The lowest BCUT2D eigenvalue weighted by Gasteiger charge is -2.12. The van der Waals surface area contributed by atoms with Gasteiger partial charge in [0.15, 0.2) is 0 Å². The standard InChI is InChI=1S/C24H20O/c1-18-14-21(24-13-7-11-20-10-5-6-12-23(20)24)16-22(15-18)25-17-19-8-3-2-4-9-19/h2-16H,17H2,1H3. The van der Waals surface area contributed by atoms with Crippen molar-refractivity contribution < 1.29 is 4.74 Å². The van der Waals surface area contributed by atoms with Crippen molar-refractivity contribution in [1.29, 1.82) is 0 Å². The number of hydrogen-bond acceptors (Lipinski definition) is 1. The van der Waals surface area contributed by atoms with Gasteiger partial charge in [-0.2, -0.15) is 0 Å². The molecule has 4 aromatic rings. The van der Waals surface area contributed by atoms with Crippen LogP contribution in [-0.4, -0.2) is 0 Å². The van der Waals surface area contributed by atoms with Crippen LogP contribution in [0.3, 0.4) is 0 Å². The van der Waals surface area contributed by atoms with Crippen molar-refractivity contribution in [3.63, 3.8) is 0 Å². The lowest BCUT2D eigenvalue weighted by molar-refractivity contribution is 0.306. The van der Waals surface area contributed by atoms with E-state index in [-0.39, 0.29) is 0 Å². The molecule has 122 valence electrons. The van der Waals surface area contributed by atoms with Gasteiger partial charge in [-0.1, -0.05) is 78.9 Å². The van der Waals surface area contributed by atoms with Crippen LogP contribution in [0.4, 0.5) is 0 Å². The van der Waals surface area contributed by atoms with E-state index >= 15 is 0 Å². The molecule has 0 aliphatic heterocycles. The van der Waals surface area contributed by atoms with Crippen LogP contribution in [-0.2, 0) is 6.61 Å². The number of rotatable bonds is 4. The number of ether oxygens (including phenoxy) is 1. The van der Waals surface area contributed by atoms with Gasteiger partial charge in [0.25, 0.3) is 0 Å². The van der Waals surface area contributed by atoms with Crippen molar-refractivity contribution in [2.75, 3.05) is 0 Å². The van der Waals surface area contributed by atoms with Crippen molar-refractivity contribution in [2.45, 2.75) is 13.5 Å². The predicted molar refractivity (Wildman–Crippen MR) is 105 cm³/mol. The van der Waals surface area contributed by atoms with Crippen LogP contribution < -0.4 is 4.74 Å². The molecule has 1 heteroatoms. The Kier molecular flexibility index (Phi) is 4.22. The molecule has 1 nitrogen and oxygen atoms in total. The fourth-order valence-electron chi connectivity index (χ4n) is 3.20. The zero-order chi connectivity index (χ0) is 17.1. The molecule has 0 heterocycles. The molecule has 0 saturated carbocycles. The Bertz CT molecular complexity index is 997. The van der Waals surface area contributed by atoms with E-state index in [1.807, 2.05) is 18.2 Å². The van der Waals surface area contributed by atoms with E-state index < -0.39 is 0 Å². The highest BCUT2D eigenvalue weighted by Gasteiger charge is 2.06. The third kappa shape index (κ3) is 3.41. The van der Waals surface area contributed by atoms with Gasteiger partial charge in [0, 0.05) is 0 Å². The van der Waals surface area contributed by atoms with E-state index in [2.05, 4.69) is 79.7 Å². The average molecular weight is 324 g/mol. The lowest BCUT2D eigenvalue weighted by atomic mass is 9.97. The monoisotopic (exact) mass is 324 g/mol. The van der Waals surface area contributed by atoms with Crippen LogP contribution in [0, 0.1) is 6.92 Å². The maximum atomic E-state index is 6.05. The van der Waals surface area contributed by atoms with Gasteiger partial charge in [0.1, 0.15) is 12.4 Å². The summed E-state index contributed by atoms with van der Waals surface area (Å²) in [5.74, 6) is 0.909. The molecule has 0 bridgehead atoms. The van der Waals surface area contributed by atoms with Crippen LogP contribution in [0.5, 0.6) is 5.75 Å². The fraction of sp³-hybridized carbons (Fsp3) is 0.0833. The van der Waals surface area contributed by atoms with E-state index in [1.54, 1.807) is 0 Å². The molecule has 0 saturated heterocycles. The maximum absolute atomic E-state index is 6.05. The molecule has 0 aliphatic rings. The maximum Gasteiger partial charge on any atom is 0.120 e. The summed E-state index contributed by atoms with van der Waals surface area (Å²) in [6, 6.07) is 31.7. The lowest BCUT2D eigenvalue weighted by Crippen LogP contribution is -1.96. The number of fused-ring (bicyclic) bond motifs is 1. The van der Waals surface area contributed by atoms with Crippen LogP contribution in [0.25, 0.3) is 21.9 Å². The third-order valence-electron chi connectivity index (χ3n) is 4.40. The first-order chi connectivity index (χ1) is 12.3. The first kappa shape index (κ1) is 15.5. The number of aryl methyl sites for hydroxylation is 1. The van der Waals surface area contributed by atoms with E-state index in [4.69, 9.17) is 4.74 Å². The van der Waals surface area contributed by atoms with E-state index in [0.29, 0.717) is 6.61 Å². The zero-order valence-electron chi connectivity index (χ0n) is 14.3. The molecule has 0 N–H and O–H groups in total. The molecule has 4 aromatic carbocycles. The normalized spacial score (nSPS) is 10.8. The SMILES string of the molecule is Cc1cc(OCc2ccccc2)cc(-c2cccc3ccccc23)c1. The van der Waals surface area contributed by atoms with Crippen molar-refractivity contribution in [2.24, 2.45) is 0 Å². The van der Waals surface area contributed by atoms with Crippen molar-refractivity contribution in [1.82, 2.24) is 0 Å². The van der Waals surface area contributed by atoms with Crippen LogP contribution in [0.2, 0.25) is 0 Å². The van der Waals surface area contributed by atoms with Crippen molar-refractivity contribution in [3.8, 4) is 16.9 Å². The Morgan fingerprint density at radius 1 is 0.720 bits per heavy atom. The molecule has 0 aliphatic carbocycles. The van der Waals surface area contributed by atoms with Gasteiger partial charge in [-0.3, -0.25) is 0 Å². The minimum Gasteiger partial charge on any atom is -0.489 e. The topological polar surface area (TPSA) is 9.23 Å². The van der Waals surface area contributed by atoms with E-state index in [9.17, 15) is 0 Å². The summed E-state index contributed by atoms with van der Waals surface area (Å²) in [4.78, 5) is 0. The van der Waals surface area contributed by atoms with Crippen molar-refractivity contribution >= 4 is 10.8 Å². The molecule has 0 fully saturated rings. The van der Waals surface area contributed by atoms with Gasteiger partial charge in [-0.15, -0.1) is 0 Å². The summed E-state index contributed by atoms with van der Waals surface area (Å²) >= 11 is 0. The summed E-state index contributed by atoms with van der Waals surface area (Å²) < 4.78 is 6.05. The smallest absolute Gasteiger partial charge is 0.120 e.